The Balaban J connectivity index is 2.53. The Morgan fingerprint density at radius 1 is 1.75 bits per heavy atom. The van der Waals surface area contributed by atoms with Crippen LogP contribution in [-0.4, -0.2) is 22.7 Å². The number of hydrogen-bond donors (Lipinski definition) is 2. The van der Waals surface area contributed by atoms with Crippen LogP contribution in [0.15, 0.2) is 0 Å². The van der Waals surface area contributed by atoms with E-state index in [9.17, 15) is 14.3 Å². The van der Waals surface area contributed by atoms with Crippen molar-refractivity contribution in [2.24, 2.45) is 0 Å². The predicted octanol–water partition coefficient (Wildman–Crippen LogP) is 0.903. The largest absolute Gasteiger partial charge is 0.344 e. The molecule has 1 fully saturated rings. The second kappa shape index (κ2) is 3.58. The van der Waals surface area contributed by atoms with E-state index in [1.807, 2.05) is 6.92 Å². The van der Waals surface area contributed by atoms with E-state index in [1.165, 1.54) is 0 Å². The lowest BCUT2D eigenvalue weighted by atomic mass is 10.2. The summed E-state index contributed by atoms with van der Waals surface area (Å²) in [6.07, 6.45) is 2.29. The standard InChI is InChI=1S/C7H14NO3P/c1-2-3-4-7-8-6(9)5-12(7,10)11/h7H,2-5H2,1H3,(H,8,9)(H,10,11). The molecule has 0 saturated carbocycles. The maximum Gasteiger partial charge on any atom is 0.231 e. The van der Waals surface area contributed by atoms with E-state index < -0.39 is 13.2 Å². The van der Waals surface area contributed by atoms with Gasteiger partial charge in [0.05, 0.1) is 0 Å². The fraction of sp³-hybridized carbons (Fsp3) is 0.857. The van der Waals surface area contributed by atoms with Gasteiger partial charge in [0, 0.05) is 0 Å². The van der Waals surface area contributed by atoms with Gasteiger partial charge in [-0.1, -0.05) is 19.8 Å². The number of nitrogens with one attached hydrogen (secondary N) is 1. The van der Waals surface area contributed by atoms with Crippen LogP contribution in [0.4, 0.5) is 0 Å². The summed E-state index contributed by atoms with van der Waals surface area (Å²) in [4.78, 5) is 20.1. The molecule has 2 unspecified atom stereocenters. The van der Waals surface area contributed by atoms with E-state index >= 15 is 0 Å². The summed E-state index contributed by atoms with van der Waals surface area (Å²) in [5.41, 5.74) is 0. The molecule has 1 rings (SSSR count). The summed E-state index contributed by atoms with van der Waals surface area (Å²) in [6, 6.07) is 0. The molecule has 0 aromatic heterocycles. The van der Waals surface area contributed by atoms with Crippen molar-refractivity contribution in [1.29, 1.82) is 0 Å². The van der Waals surface area contributed by atoms with Crippen molar-refractivity contribution in [2.45, 2.75) is 32.0 Å². The lowest BCUT2D eigenvalue weighted by molar-refractivity contribution is -0.118. The van der Waals surface area contributed by atoms with Crippen molar-refractivity contribution in [3.05, 3.63) is 0 Å². The van der Waals surface area contributed by atoms with Crippen LogP contribution < -0.4 is 5.32 Å². The molecular formula is C7H14NO3P. The zero-order valence-corrected chi connectivity index (χ0v) is 8.01. The molecule has 0 bridgehead atoms. The molecule has 0 spiro atoms. The van der Waals surface area contributed by atoms with Crippen LogP contribution in [0, 0.1) is 0 Å². The lowest BCUT2D eigenvalue weighted by Crippen LogP contribution is -2.25. The van der Waals surface area contributed by atoms with Crippen LogP contribution in [0.2, 0.25) is 0 Å². The smallest absolute Gasteiger partial charge is 0.231 e. The van der Waals surface area contributed by atoms with Crippen molar-refractivity contribution in [3.63, 3.8) is 0 Å². The average Bonchev–Trinajstić information content (AvgIpc) is 2.20. The Morgan fingerprint density at radius 3 is 2.83 bits per heavy atom. The van der Waals surface area contributed by atoms with Crippen LogP contribution in [-0.2, 0) is 9.36 Å². The van der Waals surface area contributed by atoms with Crippen LogP contribution in [0.1, 0.15) is 26.2 Å². The van der Waals surface area contributed by atoms with Gasteiger partial charge >= 0.3 is 0 Å². The molecule has 1 aliphatic rings. The maximum atomic E-state index is 11.3. The van der Waals surface area contributed by atoms with E-state index in [1.54, 1.807) is 0 Å². The van der Waals surface area contributed by atoms with Gasteiger partial charge in [-0.15, -0.1) is 0 Å². The number of rotatable bonds is 3. The molecule has 1 heterocycles. The summed E-state index contributed by atoms with van der Waals surface area (Å²) >= 11 is 0. The number of carbonyl (C=O) groups is 1. The number of hydrogen-bond acceptors (Lipinski definition) is 2. The van der Waals surface area contributed by atoms with Crippen LogP contribution in [0.25, 0.3) is 0 Å². The summed E-state index contributed by atoms with van der Waals surface area (Å²) in [7, 11) is -3.20. The molecule has 12 heavy (non-hydrogen) atoms. The topological polar surface area (TPSA) is 66.4 Å². The Hall–Kier alpha value is -0.340. The number of unbranched alkanes of at least 4 members (excludes halogenated alkanes) is 1. The van der Waals surface area contributed by atoms with Gasteiger partial charge in [-0.2, -0.15) is 0 Å². The van der Waals surface area contributed by atoms with Crippen LogP contribution in [0.3, 0.4) is 0 Å². The van der Waals surface area contributed by atoms with E-state index in [-0.39, 0.29) is 12.1 Å². The minimum atomic E-state index is -3.20. The zero-order valence-electron chi connectivity index (χ0n) is 7.12. The van der Waals surface area contributed by atoms with Gasteiger partial charge in [-0.3, -0.25) is 9.36 Å². The molecule has 1 amide bonds. The minimum absolute atomic E-state index is 0.193. The van der Waals surface area contributed by atoms with Crippen molar-refractivity contribution in [1.82, 2.24) is 5.32 Å². The minimum Gasteiger partial charge on any atom is -0.344 e. The Morgan fingerprint density at radius 2 is 2.42 bits per heavy atom. The highest BCUT2D eigenvalue weighted by atomic mass is 31.2. The van der Waals surface area contributed by atoms with E-state index in [2.05, 4.69) is 5.32 Å². The highest BCUT2D eigenvalue weighted by Crippen LogP contribution is 2.49. The Labute approximate surface area is 71.8 Å². The molecule has 4 nitrogen and oxygen atoms in total. The predicted molar refractivity (Wildman–Crippen MR) is 46.1 cm³/mol. The molecule has 0 aliphatic carbocycles. The third kappa shape index (κ3) is 2.08. The van der Waals surface area contributed by atoms with Crippen LogP contribution in [0.5, 0.6) is 0 Å². The zero-order chi connectivity index (χ0) is 9.19. The van der Waals surface area contributed by atoms with Gasteiger partial charge in [0.25, 0.3) is 0 Å². The third-order valence-electron chi connectivity index (χ3n) is 2.02. The Kier molecular flexibility index (Phi) is 2.91. The lowest BCUT2D eigenvalue weighted by Gasteiger charge is -2.12. The average molecular weight is 191 g/mol. The van der Waals surface area contributed by atoms with Gasteiger partial charge in [0.15, 0.2) is 0 Å². The molecule has 1 saturated heterocycles. The molecule has 1 aliphatic heterocycles. The highest BCUT2D eigenvalue weighted by molar-refractivity contribution is 7.60. The first-order valence-corrected chi connectivity index (χ1v) is 6.08. The second-order valence-corrected chi connectivity index (χ2v) is 5.59. The molecule has 70 valence electrons. The van der Waals surface area contributed by atoms with Gasteiger partial charge in [0.2, 0.25) is 13.3 Å². The third-order valence-corrected chi connectivity index (χ3v) is 4.12. The van der Waals surface area contributed by atoms with Gasteiger partial charge < -0.3 is 10.2 Å². The maximum absolute atomic E-state index is 11.3. The highest BCUT2D eigenvalue weighted by Gasteiger charge is 2.40. The van der Waals surface area contributed by atoms with Gasteiger partial charge in [-0.05, 0) is 6.42 Å². The van der Waals surface area contributed by atoms with Gasteiger partial charge in [-0.25, -0.2) is 0 Å². The number of carbonyl (C=O) groups excluding carboxylic acids is 1. The van der Waals surface area contributed by atoms with E-state index in [4.69, 9.17) is 0 Å². The van der Waals surface area contributed by atoms with Crippen molar-refractivity contribution < 1.29 is 14.3 Å². The second-order valence-electron chi connectivity index (χ2n) is 3.14. The molecular weight excluding hydrogens is 177 g/mol. The molecule has 2 N–H and O–H groups in total. The molecule has 0 aromatic rings. The fourth-order valence-electron chi connectivity index (χ4n) is 1.32. The summed E-state index contributed by atoms with van der Waals surface area (Å²) in [5, 5.41) is 2.53. The SMILES string of the molecule is CCCCC1NC(=O)CP1(=O)O. The molecule has 0 aromatic carbocycles. The summed E-state index contributed by atoms with van der Waals surface area (Å²) in [6.45, 7) is 2.01. The molecule has 0 radical (unpaired) electrons. The Bertz CT molecular complexity index is 229. The van der Waals surface area contributed by atoms with Crippen molar-refractivity contribution in [2.75, 3.05) is 6.16 Å². The first-order valence-electron chi connectivity index (χ1n) is 4.17. The first kappa shape index (κ1) is 9.75. The van der Waals surface area contributed by atoms with Crippen LogP contribution >= 0.6 is 7.37 Å². The summed E-state index contributed by atoms with van der Waals surface area (Å²) < 4.78 is 11.3. The summed E-state index contributed by atoms with van der Waals surface area (Å²) in [5.74, 6) is -0.771. The van der Waals surface area contributed by atoms with Gasteiger partial charge in [0.1, 0.15) is 11.9 Å². The monoisotopic (exact) mass is 191 g/mol. The fourth-order valence-corrected chi connectivity index (χ4v) is 2.97. The molecule has 5 heteroatoms. The molecule has 2 atom stereocenters. The van der Waals surface area contributed by atoms with Crippen molar-refractivity contribution in [3.8, 4) is 0 Å². The quantitative estimate of drug-likeness (QED) is 0.651. The van der Waals surface area contributed by atoms with Crippen molar-refractivity contribution >= 4 is 13.3 Å². The first-order chi connectivity index (χ1) is 5.56. The van der Waals surface area contributed by atoms with E-state index in [0.29, 0.717) is 6.42 Å². The normalized spacial score (nSPS) is 35.2. The van der Waals surface area contributed by atoms with E-state index in [0.717, 1.165) is 12.8 Å². The number of amides is 1.